The van der Waals surface area contributed by atoms with Gasteiger partial charge >= 0.3 is 18.6 Å². The monoisotopic (exact) mass is 386 g/mol. The topological polar surface area (TPSA) is 72.8 Å². The summed E-state index contributed by atoms with van der Waals surface area (Å²) >= 11 is 0. The molecule has 0 aromatic heterocycles. The summed E-state index contributed by atoms with van der Waals surface area (Å²) in [5.74, 6) is -2.17. The molecule has 0 saturated heterocycles. The summed E-state index contributed by atoms with van der Waals surface area (Å²) in [4.78, 5) is 21.4. The van der Waals surface area contributed by atoms with Crippen molar-refractivity contribution in [3.63, 3.8) is 0 Å². The molecule has 0 saturated carbocycles. The van der Waals surface area contributed by atoms with Gasteiger partial charge < -0.3 is 14.6 Å². The number of carbonyl (C=O) groups excluding carboxylic acids is 1. The Morgan fingerprint density at radius 2 is 1.67 bits per heavy atom. The van der Waals surface area contributed by atoms with Crippen LogP contribution in [-0.4, -0.2) is 30.8 Å². The maximum atomic E-state index is 12.0. The minimum absolute atomic E-state index is 0.254. The zero-order chi connectivity index (χ0) is 20.4. The summed E-state index contributed by atoms with van der Waals surface area (Å²) < 4.78 is 56.5. The zero-order valence-electron chi connectivity index (χ0n) is 13.9. The van der Waals surface area contributed by atoms with E-state index in [9.17, 15) is 27.2 Å². The Labute approximate surface area is 151 Å². The van der Waals surface area contributed by atoms with Crippen molar-refractivity contribution in [2.45, 2.75) is 6.61 Å². The Morgan fingerprint density at radius 3 is 2.15 bits per heavy atom. The molecule has 0 aliphatic carbocycles. The average molecular weight is 386 g/mol. The number of rotatable bonds is 5. The third-order valence-electron chi connectivity index (χ3n) is 2.93. The maximum Gasteiger partial charge on any atom is 0.387 e. The van der Waals surface area contributed by atoms with Crippen molar-refractivity contribution in [2.24, 2.45) is 0 Å². The minimum Gasteiger partial charge on any atom is -0.478 e. The highest BCUT2D eigenvalue weighted by Crippen LogP contribution is 2.25. The van der Waals surface area contributed by atoms with Crippen molar-refractivity contribution in [3.8, 4) is 5.75 Å². The van der Waals surface area contributed by atoms with Gasteiger partial charge in [-0.05, 0) is 30.3 Å². The Kier molecular flexibility index (Phi) is 8.50. The maximum absolute atomic E-state index is 12.0. The molecule has 0 unspecified atom stereocenters. The Balaban J connectivity index is 0.000000309. The fraction of sp³-hybridized carbons (Fsp3) is 0.111. The second-order valence-corrected chi connectivity index (χ2v) is 4.73. The highest BCUT2D eigenvalue weighted by molar-refractivity contribution is 5.89. The number of ether oxygens (including phenoxy) is 2. The first-order valence-electron chi connectivity index (χ1n) is 7.22. The van der Waals surface area contributed by atoms with Crippen molar-refractivity contribution in [1.29, 1.82) is 0 Å². The molecule has 0 amide bonds. The van der Waals surface area contributed by atoms with Gasteiger partial charge in [-0.3, -0.25) is 0 Å². The lowest BCUT2D eigenvalue weighted by Crippen LogP contribution is -2.04. The Hall–Kier alpha value is -3.36. The van der Waals surface area contributed by atoms with E-state index < -0.39 is 30.0 Å². The molecule has 0 heterocycles. The lowest BCUT2D eigenvalue weighted by Gasteiger charge is -2.08. The highest BCUT2D eigenvalue weighted by atomic mass is 19.3. The molecule has 0 bridgehead atoms. The van der Waals surface area contributed by atoms with Crippen LogP contribution in [0.4, 0.5) is 17.6 Å². The van der Waals surface area contributed by atoms with Gasteiger partial charge in [0, 0.05) is 11.6 Å². The van der Waals surface area contributed by atoms with E-state index in [2.05, 4.69) is 9.47 Å². The Morgan fingerprint density at radius 1 is 1.04 bits per heavy atom. The van der Waals surface area contributed by atoms with Crippen LogP contribution < -0.4 is 4.74 Å². The largest absolute Gasteiger partial charge is 0.478 e. The number of carboxylic acids is 1. The molecule has 27 heavy (non-hydrogen) atoms. The van der Waals surface area contributed by atoms with E-state index in [-0.39, 0.29) is 17.6 Å². The van der Waals surface area contributed by atoms with E-state index in [0.717, 1.165) is 18.2 Å². The number of hydrogen-bond donors (Lipinski definition) is 1. The third-order valence-corrected chi connectivity index (χ3v) is 2.93. The van der Waals surface area contributed by atoms with Gasteiger partial charge in [-0.1, -0.05) is 18.2 Å². The van der Waals surface area contributed by atoms with E-state index in [0.29, 0.717) is 5.56 Å². The van der Waals surface area contributed by atoms with Gasteiger partial charge in [0.2, 0.25) is 0 Å². The summed E-state index contributed by atoms with van der Waals surface area (Å²) in [7, 11) is 1.37. The van der Waals surface area contributed by atoms with Crippen LogP contribution in [0, 0.1) is 0 Å². The fourth-order valence-corrected chi connectivity index (χ4v) is 1.81. The number of carboxylic acid groups (broad SMARTS) is 1. The first-order valence-corrected chi connectivity index (χ1v) is 7.22. The Bertz CT molecular complexity index is 803. The summed E-state index contributed by atoms with van der Waals surface area (Å²) in [6.07, 6.45) is -1.89. The molecule has 9 heteroatoms. The number of aromatic carboxylic acids is 1. The van der Waals surface area contributed by atoms with Crippen molar-refractivity contribution in [3.05, 3.63) is 71.3 Å². The number of hydrogen-bond acceptors (Lipinski definition) is 4. The normalized spacial score (nSPS) is 9.70. The quantitative estimate of drug-likeness (QED) is 0.596. The highest BCUT2D eigenvalue weighted by Gasteiger charge is 2.12. The average Bonchev–Trinajstić information content (AvgIpc) is 2.62. The number of carbonyl (C=O) groups is 2. The summed E-state index contributed by atoms with van der Waals surface area (Å²) in [6, 6.07) is 11.6. The van der Waals surface area contributed by atoms with Crippen LogP contribution in [0.25, 0.3) is 6.08 Å². The number of methoxy groups -OCH3 is 1. The van der Waals surface area contributed by atoms with Gasteiger partial charge in [0.15, 0.2) is 0 Å². The van der Waals surface area contributed by atoms with E-state index >= 15 is 0 Å². The molecule has 0 aliphatic heterocycles. The smallest absolute Gasteiger partial charge is 0.387 e. The number of benzene rings is 2. The third kappa shape index (κ3) is 7.59. The van der Waals surface area contributed by atoms with Crippen LogP contribution in [0.15, 0.2) is 54.6 Å². The molecule has 0 spiro atoms. The molecule has 0 aliphatic rings. The van der Waals surface area contributed by atoms with Gasteiger partial charge in [0.1, 0.15) is 5.75 Å². The number of esters is 1. The lowest BCUT2D eigenvalue weighted by atomic mass is 10.1. The standard InChI is InChI=1S/C10H6F4O3.C8H8O2/c11-8(12)4-6-3-5(9(15)16)1-2-7(6)17-10(13)14;1-10-8(9)7-5-3-2-4-6-7/h1-4,10H,(H,15,16);2-6H,1H3. The molecular formula is C18H14F4O5. The van der Waals surface area contributed by atoms with Gasteiger partial charge in [0.25, 0.3) is 6.08 Å². The van der Waals surface area contributed by atoms with Crippen LogP contribution in [0.3, 0.4) is 0 Å². The molecule has 0 atom stereocenters. The van der Waals surface area contributed by atoms with Gasteiger partial charge in [0.05, 0.1) is 18.2 Å². The fourth-order valence-electron chi connectivity index (χ4n) is 1.81. The van der Waals surface area contributed by atoms with Crippen molar-refractivity contribution >= 4 is 18.0 Å². The molecular weight excluding hydrogens is 372 g/mol. The van der Waals surface area contributed by atoms with E-state index in [1.165, 1.54) is 7.11 Å². The van der Waals surface area contributed by atoms with E-state index in [1.807, 2.05) is 6.07 Å². The molecule has 2 aromatic carbocycles. The molecule has 0 fully saturated rings. The SMILES string of the molecule is COC(=O)c1ccccc1.O=C(O)c1ccc(OC(F)F)c(C=C(F)F)c1. The predicted molar refractivity (Wildman–Crippen MR) is 88.0 cm³/mol. The van der Waals surface area contributed by atoms with Gasteiger partial charge in [-0.25, -0.2) is 9.59 Å². The summed E-state index contributed by atoms with van der Waals surface area (Å²) in [5, 5.41) is 8.62. The van der Waals surface area contributed by atoms with Gasteiger partial charge in [-0.15, -0.1) is 0 Å². The molecule has 1 N–H and O–H groups in total. The van der Waals surface area contributed by atoms with Crippen LogP contribution in [0.2, 0.25) is 0 Å². The van der Waals surface area contributed by atoms with Crippen molar-refractivity contribution in [2.75, 3.05) is 7.11 Å². The second kappa shape index (κ2) is 10.6. The minimum atomic E-state index is -3.18. The van der Waals surface area contributed by atoms with Crippen LogP contribution in [0.1, 0.15) is 26.3 Å². The van der Waals surface area contributed by atoms with E-state index in [1.54, 1.807) is 24.3 Å². The predicted octanol–water partition coefficient (Wildman–Crippen LogP) is 4.70. The van der Waals surface area contributed by atoms with Crippen molar-refractivity contribution < 1.29 is 41.7 Å². The summed E-state index contributed by atoms with van der Waals surface area (Å²) in [5.41, 5.74) is -0.144. The van der Waals surface area contributed by atoms with Crippen LogP contribution in [-0.2, 0) is 4.74 Å². The molecule has 2 aromatic rings. The number of halogens is 4. The zero-order valence-corrected chi connectivity index (χ0v) is 13.9. The first kappa shape index (κ1) is 21.7. The van der Waals surface area contributed by atoms with Crippen LogP contribution in [0.5, 0.6) is 5.75 Å². The molecule has 2 rings (SSSR count). The second-order valence-electron chi connectivity index (χ2n) is 4.73. The lowest BCUT2D eigenvalue weighted by molar-refractivity contribution is -0.0500. The van der Waals surface area contributed by atoms with E-state index in [4.69, 9.17) is 5.11 Å². The first-order chi connectivity index (χ1) is 12.7. The van der Waals surface area contributed by atoms with Crippen LogP contribution >= 0.6 is 0 Å². The summed E-state index contributed by atoms with van der Waals surface area (Å²) in [6.45, 7) is -3.18. The molecule has 5 nitrogen and oxygen atoms in total. The molecule has 0 radical (unpaired) electrons. The molecule has 144 valence electrons. The van der Waals surface area contributed by atoms with Gasteiger partial charge in [-0.2, -0.15) is 17.6 Å². The van der Waals surface area contributed by atoms with Crippen molar-refractivity contribution in [1.82, 2.24) is 0 Å². The number of alkyl halides is 2.